The third-order valence-electron chi connectivity index (χ3n) is 4.98. The standard InChI is InChI=1S/C20H43O7PSi/c1-9-23-18(21)19(28(22,25-10-2)26-11-3)24-16-14-12-13-15-17-27-29(7,8)20(4,5)6/h19H,9-17H2,1-8H3. The van der Waals surface area contributed by atoms with E-state index in [4.69, 9.17) is 22.9 Å². The SMILES string of the molecule is CCOC(=O)C(OCCCCCCO[Si](C)(C)C(C)(C)C)P(=O)(OCC)OCC. The second-order valence-electron chi connectivity index (χ2n) is 8.37. The van der Waals surface area contributed by atoms with Gasteiger partial charge in [0.25, 0.3) is 5.85 Å². The van der Waals surface area contributed by atoms with Crippen molar-refractivity contribution < 1.29 is 32.3 Å². The van der Waals surface area contributed by atoms with Crippen LogP contribution < -0.4 is 0 Å². The maximum atomic E-state index is 12.9. The molecule has 0 aliphatic rings. The van der Waals surface area contributed by atoms with E-state index >= 15 is 0 Å². The summed E-state index contributed by atoms with van der Waals surface area (Å²) in [7, 11) is -5.42. The Balaban J connectivity index is 4.42. The van der Waals surface area contributed by atoms with Crippen molar-refractivity contribution in [1.29, 1.82) is 0 Å². The maximum Gasteiger partial charge on any atom is 0.370 e. The molecule has 0 aromatic carbocycles. The van der Waals surface area contributed by atoms with Crippen LogP contribution in [0.2, 0.25) is 18.1 Å². The average Bonchev–Trinajstić information content (AvgIpc) is 2.59. The predicted octanol–water partition coefficient (Wildman–Crippen LogP) is 5.74. The summed E-state index contributed by atoms with van der Waals surface area (Å²) < 4.78 is 40.2. The van der Waals surface area contributed by atoms with Gasteiger partial charge in [0.1, 0.15) is 0 Å². The zero-order chi connectivity index (χ0) is 22.6. The molecule has 0 heterocycles. The summed E-state index contributed by atoms with van der Waals surface area (Å²) in [4.78, 5) is 12.2. The molecule has 0 saturated carbocycles. The van der Waals surface area contributed by atoms with Crippen molar-refractivity contribution in [2.45, 2.75) is 91.2 Å². The Morgan fingerprint density at radius 2 is 1.41 bits per heavy atom. The van der Waals surface area contributed by atoms with Crippen LogP contribution in [0.1, 0.15) is 67.2 Å². The quantitative estimate of drug-likeness (QED) is 0.127. The van der Waals surface area contributed by atoms with Crippen LogP contribution in [0, 0.1) is 0 Å². The van der Waals surface area contributed by atoms with E-state index < -0.39 is 27.7 Å². The van der Waals surface area contributed by atoms with Gasteiger partial charge in [-0.15, -0.1) is 0 Å². The van der Waals surface area contributed by atoms with Crippen molar-refractivity contribution in [3.05, 3.63) is 0 Å². The van der Waals surface area contributed by atoms with Crippen LogP contribution in [0.15, 0.2) is 0 Å². The predicted molar refractivity (Wildman–Crippen MR) is 119 cm³/mol. The van der Waals surface area contributed by atoms with Crippen LogP contribution in [0.25, 0.3) is 0 Å². The number of hydrogen-bond acceptors (Lipinski definition) is 7. The van der Waals surface area contributed by atoms with Crippen LogP contribution in [0.3, 0.4) is 0 Å². The lowest BCUT2D eigenvalue weighted by Gasteiger charge is -2.36. The summed E-state index contributed by atoms with van der Waals surface area (Å²) in [5.74, 6) is -2.05. The Hall–Kier alpha value is -0.243. The van der Waals surface area contributed by atoms with Gasteiger partial charge in [-0.25, -0.2) is 4.79 Å². The van der Waals surface area contributed by atoms with Gasteiger partial charge in [0.15, 0.2) is 8.32 Å². The molecule has 0 aliphatic heterocycles. The highest BCUT2D eigenvalue weighted by Gasteiger charge is 2.43. The first-order chi connectivity index (χ1) is 13.4. The molecule has 0 radical (unpaired) electrons. The van der Waals surface area contributed by atoms with Crippen molar-refractivity contribution in [2.24, 2.45) is 0 Å². The third kappa shape index (κ3) is 10.6. The molecule has 0 fully saturated rings. The van der Waals surface area contributed by atoms with Gasteiger partial charge in [-0.1, -0.05) is 33.6 Å². The van der Waals surface area contributed by atoms with Gasteiger partial charge in [-0.3, -0.25) is 4.57 Å². The minimum Gasteiger partial charge on any atom is -0.464 e. The summed E-state index contributed by atoms with van der Waals surface area (Å²) in [6.07, 6.45) is 3.68. The Morgan fingerprint density at radius 1 is 0.897 bits per heavy atom. The minimum absolute atomic E-state index is 0.158. The Kier molecular flexibility index (Phi) is 13.8. The average molecular weight is 455 g/mol. The van der Waals surface area contributed by atoms with Gasteiger partial charge in [-0.05, 0) is 51.7 Å². The van der Waals surface area contributed by atoms with Crippen LogP contribution in [-0.2, 0) is 32.3 Å². The molecule has 0 N–H and O–H groups in total. The number of rotatable bonds is 16. The van der Waals surface area contributed by atoms with E-state index in [1.807, 2.05) is 0 Å². The van der Waals surface area contributed by atoms with Crippen molar-refractivity contribution in [1.82, 2.24) is 0 Å². The Labute approximate surface area is 178 Å². The highest BCUT2D eigenvalue weighted by Crippen LogP contribution is 2.54. The van der Waals surface area contributed by atoms with Gasteiger partial charge in [0.05, 0.1) is 19.8 Å². The van der Waals surface area contributed by atoms with E-state index in [9.17, 15) is 9.36 Å². The number of esters is 1. The molecule has 1 atom stereocenters. The molecule has 1 unspecified atom stereocenters. The number of unbranched alkanes of at least 4 members (excludes halogenated alkanes) is 3. The molecular formula is C20H43O7PSi. The second-order valence-corrected chi connectivity index (χ2v) is 15.2. The van der Waals surface area contributed by atoms with Gasteiger partial charge in [0.2, 0.25) is 0 Å². The smallest absolute Gasteiger partial charge is 0.370 e. The summed E-state index contributed by atoms with van der Waals surface area (Å²) in [6, 6.07) is 0. The molecule has 0 aromatic heterocycles. The molecular weight excluding hydrogens is 411 g/mol. The van der Waals surface area contributed by atoms with Gasteiger partial charge < -0.3 is 22.9 Å². The fourth-order valence-corrected chi connectivity index (χ4v) is 5.10. The molecule has 0 bridgehead atoms. The van der Waals surface area contributed by atoms with E-state index in [0.29, 0.717) is 0 Å². The van der Waals surface area contributed by atoms with E-state index in [-0.39, 0.29) is 31.5 Å². The molecule has 0 amide bonds. The zero-order valence-corrected chi connectivity index (χ0v) is 21.6. The van der Waals surface area contributed by atoms with Crippen molar-refractivity contribution in [3.63, 3.8) is 0 Å². The van der Waals surface area contributed by atoms with Gasteiger partial charge in [0, 0.05) is 13.2 Å². The van der Waals surface area contributed by atoms with Gasteiger partial charge in [-0.2, -0.15) is 0 Å². The topological polar surface area (TPSA) is 80.3 Å². The molecule has 0 aromatic rings. The van der Waals surface area contributed by atoms with Crippen LogP contribution in [-0.4, -0.2) is 53.2 Å². The van der Waals surface area contributed by atoms with E-state index in [2.05, 4.69) is 33.9 Å². The van der Waals surface area contributed by atoms with E-state index in [1.54, 1.807) is 20.8 Å². The van der Waals surface area contributed by atoms with Crippen molar-refractivity contribution >= 4 is 21.9 Å². The number of hydrogen-bond donors (Lipinski definition) is 0. The van der Waals surface area contributed by atoms with Crippen LogP contribution in [0.5, 0.6) is 0 Å². The maximum absolute atomic E-state index is 12.9. The van der Waals surface area contributed by atoms with Crippen molar-refractivity contribution in [2.75, 3.05) is 33.0 Å². The van der Waals surface area contributed by atoms with Gasteiger partial charge >= 0.3 is 13.6 Å². The normalized spacial score (nSPS) is 14.1. The molecule has 29 heavy (non-hydrogen) atoms. The van der Waals surface area contributed by atoms with Crippen LogP contribution >= 0.6 is 7.60 Å². The lowest BCUT2D eigenvalue weighted by atomic mass is 10.2. The summed E-state index contributed by atoms with van der Waals surface area (Å²) in [5.41, 5.74) is 0. The highest BCUT2D eigenvalue weighted by atomic mass is 31.2. The monoisotopic (exact) mass is 454 g/mol. The molecule has 7 nitrogen and oxygen atoms in total. The van der Waals surface area contributed by atoms with E-state index in [0.717, 1.165) is 32.3 Å². The molecule has 0 aliphatic carbocycles. The molecule has 0 spiro atoms. The van der Waals surface area contributed by atoms with E-state index in [1.165, 1.54) is 0 Å². The summed E-state index contributed by atoms with van der Waals surface area (Å²) in [6.45, 7) is 17.8. The largest absolute Gasteiger partial charge is 0.464 e. The lowest BCUT2D eigenvalue weighted by Crippen LogP contribution is -2.40. The van der Waals surface area contributed by atoms with Crippen LogP contribution in [0.4, 0.5) is 0 Å². The fourth-order valence-electron chi connectivity index (χ4n) is 2.33. The molecule has 0 rings (SSSR count). The first-order valence-electron chi connectivity index (χ1n) is 10.8. The summed E-state index contributed by atoms with van der Waals surface area (Å²) >= 11 is 0. The molecule has 9 heteroatoms. The second kappa shape index (κ2) is 13.9. The number of ether oxygens (including phenoxy) is 2. The number of carbonyl (C=O) groups is 1. The highest BCUT2D eigenvalue weighted by molar-refractivity contribution is 7.55. The lowest BCUT2D eigenvalue weighted by molar-refractivity contribution is -0.152. The third-order valence-corrected chi connectivity index (χ3v) is 11.7. The summed E-state index contributed by atoms with van der Waals surface area (Å²) in [5, 5.41) is 0.220. The Morgan fingerprint density at radius 3 is 1.86 bits per heavy atom. The minimum atomic E-state index is -3.73. The molecule has 0 saturated heterocycles. The van der Waals surface area contributed by atoms with Crippen molar-refractivity contribution in [3.8, 4) is 0 Å². The number of carbonyl (C=O) groups excluding carboxylic acids is 1. The molecule has 174 valence electrons. The first-order valence-corrected chi connectivity index (χ1v) is 15.3. The zero-order valence-electron chi connectivity index (χ0n) is 19.7. The Bertz CT molecular complexity index is 496. The first kappa shape index (κ1) is 28.8. The fraction of sp³-hybridized carbons (Fsp3) is 0.950.